The highest BCUT2D eigenvalue weighted by molar-refractivity contribution is 5.94. The van der Waals surface area contributed by atoms with E-state index in [9.17, 15) is 9.90 Å². The van der Waals surface area contributed by atoms with Crippen molar-refractivity contribution in [2.75, 3.05) is 20.2 Å². The fourth-order valence-electron chi connectivity index (χ4n) is 3.65. The molecule has 2 rings (SSSR count). The van der Waals surface area contributed by atoms with Gasteiger partial charge in [0, 0.05) is 24.7 Å². The van der Waals surface area contributed by atoms with Crippen LogP contribution in [-0.4, -0.2) is 41.7 Å². The monoisotopic (exact) mass is 304 g/mol. The fraction of sp³-hybridized carbons (Fsp3) is 0.611. The van der Waals surface area contributed by atoms with Gasteiger partial charge < -0.3 is 10.4 Å². The lowest BCUT2D eigenvalue weighted by atomic mass is 9.87. The molecule has 22 heavy (non-hydrogen) atoms. The Bertz CT molecular complexity index is 516. The Morgan fingerprint density at radius 1 is 1.45 bits per heavy atom. The van der Waals surface area contributed by atoms with Crippen LogP contribution in [0.1, 0.15) is 49.0 Å². The maximum atomic E-state index is 11.8. The second-order valence-corrected chi connectivity index (χ2v) is 6.79. The molecule has 0 saturated carbocycles. The third-order valence-electron chi connectivity index (χ3n) is 4.61. The van der Waals surface area contributed by atoms with Gasteiger partial charge in [-0.3, -0.25) is 9.69 Å². The van der Waals surface area contributed by atoms with Gasteiger partial charge in [0.2, 0.25) is 0 Å². The summed E-state index contributed by atoms with van der Waals surface area (Å²) in [4.78, 5) is 14.2. The largest absolute Gasteiger partial charge is 0.394 e. The number of carbonyl (C=O) groups excluding carboxylic acids is 1. The van der Waals surface area contributed by atoms with Crippen LogP contribution in [0.3, 0.4) is 0 Å². The van der Waals surface area contributed by atoms with Crippen molar-refractivity contribution in [3.8, 4) is 0 Å². The van der Waals surface area contributed by atoms with Crippen LogP contribution in [0.2, 0.25) is 0 Å². The van der Waals surface area contributed by atoms with E-state index in [1.54, 1.807) is 7.05 Å². The Hall–Kier alpha value is -1.39. The van der Waals surface area contributed by atoms with Gasteiger partial charge in [0.25, 0.3) is 5.91 Å². The Balaban J connectivity index is 2.16. The van der Waals surface area contributed by atoms with Gasteiger partial charge in [0.15, 0.2) is 0 Å². The van der Waals surface area contributed by atoms with Gasteiger partial charge in [-0.15, -0.1) is 0 Å². The summed E-state index contributed by atoms with van der Waals surface area (Å²) in [5, 5.41) is 12.7. The van der Waals surface area contributed by atoms with Crippen LogP contribution in [-0.2, 0) is 6.54 Å². The first-order chi connectivity index (χ1) is 10.5. The number of likely N-dealkylation sites (tertiary alicyclic amines) is 1. The summed E-state index contributed by atoms with van der Waals surface area (Å²) in [6.45, 7) is 6.43. The zero-order valence-electron chi connectivity index (χ0n) is 13.9. The van der Waals surface area contributed by atoms with Crippen LogP contribution in [0.4, 0.5) is 0 Å². The molecular weight excluding hydrogens is 276 g/mol. The van der Waals surface area contributed by atoms with Crippen LogP contribution < -0.4 is 5.32 Å². The lowest BCUT2D eigenvalue weighted by molar-refractivity contribution is 0.0409. The second-order valence-electron chi connectivity index (χ2n) is 6.79. The summed E-state index contributed by atoms with van der Waals surface area (Å²) in [6.07, 6.45) is 3.19. The van der Waals surface area contributed by atoms with Crippen molar-refractivity contribution in [3.05, 3.63) is 35.4 Å². The van der Waals surface area contributed by atoms with Crippen molar-refractivity contribution >= 4 is 5.91 Å². The van der Waals surface area contributed by atoms with Crippen molar-refractivity contribution < 1.29 is 9.90 Å². The van der Waals surface area contributed by atoms with Crippen molar-refractivity contribution in [2.24, 2.45) is 5.92 Å². The van der Waals surface area contributed by atoms with Gasteiger partial charge in [-0.25, -0.2) is 0 Å². The van der Waals surface area contributed by atoms with E-state index in [1.807, 2.05) is 18.2 Å². The minimum absolute atomic E-state index is 0.0566. The van der Waals surface area contributed by atoms with Crippen molar-refractivity contribution in [3.63, 3.8) is 0 Å². The van der Waals surface area contributed by atoms with E-state index in [4.69, 9.17) is 0 Å². The van der Waals surface area contributed by atoms with E-state index >= 15 is 0 Å². The van der Waals surface area contributed by atoms with E-state index in [1.165, 1.54) is 0 Å². The lowest BCUT2D eigenvalue weighted by Crippen LogP contribution is -2.47. The number of aliphatic hydroxyl groups is 1. The Labute approximate surface area is 133 Å². The number of rotatable bonds is 6. The smallest absolute Gasteiger partial charge is 0.251 e. The molecule has 1 atom stereocenters. The molecule has 0 aromatic heterocycles. The van der Waals surface area contributed by atoms with Gasteiger partial charge >= 0.3 is 0 Å². The van der Waals surface area contributed by atoms with Crippen LogP contribution in [0, 0.1) is 5.92 Å². The average molecular weight is 304 g/mol. The molecule has 1 amide bonds. The van der Waals surface area contributed by atoms with E-state index in [2.05, 4.69) is 30.1 Å². The molecule has 0 aliphatic carbocycles. The highest BCUT2D eigenvalue weighted by Crippen LogP contribution is 2.35. The number of carbonyl (C=O) groups is 1. The Morgan fingerprint density at radius 3 is 2.86 bits per heavy atom. The first-order valence-electron chi connectivity index (χ1n) is 8.17. The maximum Gasteiger partial charge on any atom is 0.251 e. The van der Waals surface area contributed by atoms with Crippen LogP contribution in [0.25, 0.3) is 0 Å². The van der Waals surface area contributed by atoms with Gasteiger partial charge in [-0.2, -0.15) is 0 Å². The first-order valence-corrected chi connectivity index (χ1v) is 8.17. The van der Waals surface area contributed by atoms with Gasteiger partial charge in [-0.1, -0.05) is 26.0 Å². The highest BCUT2D eigenvalue weighted by Gasteiger charge is 2.40. The summed E-state index contributed by atoms with van der Waals surface area (Å²) in [6, 6.07) is 7.77. The summed E-state index contributed by atoms with van der Waals surface area (Å²) < 4.78 is 0. The van der Waals surface area contributed by atoms with Crippen molar-refractivity contribution in [2.45, 2.75) is 45.2 Å². The number of nitrogens with zero attached hydrogens (tertiary/aromatic N) is 1. The number of nitrogens with one attached hydrogen (secondary N) is 1. The standard InChI is InChI=1S/C18H28N2O2/c1-14(2)11-18(13-21)8-5-9-20(18)12-15-6-4-7-16(10-15)17(22)19-3/h4,6-7,10,14,21H,5,8-9,11-13H2,1-3H3,(H,19,22)/t18-/m1/s1. The third-order valence-corrected chi connectivity index (χ3v) is 4.61. The van der Waals surface area contributed by atoms with E-state index in [-0.39, 0.29) is 18.1 Å². The number of hydrogen-bond donors (Lipinski definition) is 2. The topological polar surface area (TPSA) is 52.6 Å². The van der Waals surface area contributed by atoms with Gasteiger partial charge in [-0.05, 0) is 49.4 Å². The predicted octanol–water partition coefficient (Wildman–Crippen LogP) is 2.42. The summed E-state index contributed by atoms with van der Waals surface area (Å²) in [5.41, 5.74) is 1.72. The molecule has 1 aliphatic rings. The average Bonchev–Trinajstić information content (AvgIpc) is 2.89. The molecule has 122 valence electrons. The number of benzene rings is 1. The van der Waals surface area contributed by atoms with Crippen LogP contribution in [0.5, 0.6) is 0 Å². The molecule has 1 aliphatic heterocycles. The molecule has 1 heterocycles. The molecular formula is C18H28N2O2. The second kappa shape index (κ2) is 7.25. The maximum absolute atomic E-state index is 11.8. The number of aliphatic hydroxyl groups excluding tert-OH is 1. The molecule has 1 fully saturated rings. The van der Waals surface area contributed by atoms with E-state index in [0.717, 1.165) is 37.9 Å². The molecule has 4 nitrogen and oxygen atoms in total. The number of hydrogen-bond acceptors (Lipinski definition) is 3. The van der Waals surface area contributed by atoms with E-state index < -0.39 is 0 Å². The summed E-state index contributed by atoms with van der Waals surface area (Å²) in [5.74, 6) is 0.504. The molecule has 0 spiro atoms. The quantitative estimate of drug-likeness (QED) is 0.848. The molecule has 1 aromatic carbocycles. The van der Waals surface area contributed by atoms with Crippen molar-refractivity contribution in [1.29, 1.82) is 0 Å². The minimum atomic E-state index is -0.100. The Morgan fingerprint density at radius 2 is 2.23 bits per heavy atom. The zero-order valence-corrected chi connectivity index (χ0v) is 13.9. The zero-order chi connectivity index (χ0) is 16.2. The summed E-state index contributed by atoms with van der Waals surface area (Å²) >= 11 is 0. The van der Waals surface area contributed by atoms with Crippen LogP contribution >= 0.6 is 0 Å². The predicted molar refractivity (Wildman–Crippen MR) is 88.7 cm³/mol. The van der Waals surface area contributed by atoms with Gasteiger partial charge in [0.1, 0.15) is 0 Å². The highest BCUT2D eigenvalue weighted by atomic mass is 16.3. The molecule has 1 aromatic rings. The molecule has 4 heteroatoms. The molecule has 0 unspecified atom stereocenters. The van der Waals surface area contributed by atoms with Crippen LogP contribution in [0.15, 0.2) is 24.3 Å². The molecule has 1 saturated heterocycles. The third kappa shape index (κ3) is 3.68. The molecule has 0 bridgehead atoms. The molecule has 0 radical (unpaired) electrons. The molecule has 2 N–H and O–H groups in total. The van der Waals surface area contributed by atoms with E-state index in [0.29, 0.717) is 11.5 Å². The normalized spacial score (nSPS) is 22.2. The van der Waals surface area contributed by atoms with Gasteiger partial charge in [0.05, 0.1) is 6.61 Å². The summed E-state index contributed by atoms with van der Waals surface area (Å²) in [7, 11) is 1.65. The minimum Gasteiger partial charge on any atom is -0.394 e. The van der Waals surface area contributed by atoms with Crippen molar-refractivity contribution in [1.82, 2.24) is 10.2 Å². The fourth-order valence-corrected chi connectivity index (χ4v) is 3.65. The number of amides is 1. The SMILES string of the molecule is CNC(=O)c1cccc(CN2CCC[C@]2(CO)CC(C)C)c1. The first kappa shape index (κ1) is 17.0. The Kier molecular flexibility index (Phi) is 5.59. The lowest BCUT2D eigenvalue weighted by Gasteiger charge is -2.38.